The number of hydrogen-bond acceptors (Lipinski definition) is 7. The highest BCUT2D eigenvalue weighted by molar-refractivity contribution is 7.92. The summed E-state index contributed by atoms with van der Waals surface area (Å²) in [6, 6.07) is 19.6. The molecule has 170 valence electrons. The van der Waals surface area contributed by atoms with Gasteiger partial charge in [-0.2, -0.15) is 0 Å². The summed E-state index contributed by atoms with van der Waals surface area (Å²) in [5.74, 6) is 1.39. The van der Waals surface area contributed by atoms with Crippen LogP contribution in [-0.2, 0) is 16.4 Å². The summed E-state index contributed by atoms with van der Waals surface area (Å²) in [7, 11) is -3.96. The minimum Gasteiger partial charge on any atom is -0.454 e. The largest absolute Gasteiger partial charge is 0.454 e. The molecule has 0 saturated heterocycles. The molecule has 0 spiro atoms. The second-order valence-electron chi connectivity index (χ2n) is 8.19. The fraction of sp³-hybridized carbons (Fsp3) is 0.120. The van der Waals surface area contributed by atoms with Gasteiger partial charge < -0.3 is 19.8 Å². The average molecular weight is 473 g/mol. The van der Waals surface area contributed by atoms with Crippen LogP contribution in [0.3, 0.4) is 0 Å². The second-order valence-corrected chi connectivity index (χ2v) is 10.1. The highest BCUT2D eigenvalue weighted by Gasteiger charge is 2.30. The molecular formula is C25H20N4O4S. The number of anilines is 1. The molecule has 0 bridgehead atoms. The van der Waals surface area contributed by atoms with Crippen LogP contribution in [0.1, 0.15) is 11.1 Å². The maximum absolute atomic E-state index is 13.7. The number of para-hydroxylation sites is 2. The lowest BCUT2D eigenvalue weighted by atomic mass is 10.2. The van der Waals surface area contributed by atoms with Gasteiger partial charge in [0, 0.05) is 0 Å². The van der Waals surface area contributed by atoms with Crippen molar-refractivity contribution in [3.63, 3.8) is 0 Å². The van der Waals surface area contributed by atoms with Crippen LogP contribution < -0.4 is 15.2 Å². The fourth-order valence-corrected chi connectivity index (χ4v) is 5.68. The molecule has 0 radical (unpaired) electrons. The molecule has 1 aliphatic rings. The molecular weight excluding hydrogens is 452 g/mol. The van der Waals surface area contributed by atoms with Gasteiger partial charge >= 0.3 is 0 Å². The summed E-state index contributed by atoms with van der Waals surface area (Å²) in [5.41, 5.74) is 10.3. The van der Waals surface area contributed by atoms with Crippen molar-refractivity contribution < 1.29 is 17.9 Å². The van der Waals surface area contributed by atoms with Gasteiger partial charge in [-0.1, -0.05) is 35.9 Å². The Labute approximate surface area is 195 Å². The lowest BCUT2D eigenvalue weighted by Gasteiger charge is -2.09. The first-order valence-corrected chi connectivity index (χ1v) is 12.1. The first kappa shape index (κ1) is 20.5. The normalized spacial score (nSPS) is 13.1. The maximum Gasteiger partial charge on any atom is 0.231 e. The first-order valence-electron chi connectivity index (χ1n) is 10.7. The zero-order valence-corrected chi connectivity index (χ0v) is 19.0. The predicted molar refractivity (Wildman–Crippen MR) is 128 cm³/mol. The number of ether oxygens (including phenoxy) is 2. The maximum atomic E-state index is 13.7. The van der Waals surface area contributed by atoms with Gasteiger partial charge in [0.2, 0.25) is 16.6 Å². The number of rotatable bonds is 4. The van der Waals surface area contributed by atoms with Gasteiger partial charge in [0.1, 0.15) is 16.2 Å². The van der Waals surface area contributed by atoms with E-state index in [-0.39, 0.29) is 34.5 Å². The van der Waals surface area contributed by atoms with Crippen molar-refractivity contribution in [3.05, 3.63) is 77.9 Å². The van der Waals surface area contributed by atoms with E-state index in [1.807, 2.05) is 43.3 Å². The summed E-state index contributed by atoms with van der Waals surface area (Å²) in [4.78, 5) is 9.55. The molecule has 3 aromatic carbocycles. The van der Waals surface area contributed by atoms with E-state index in [0.717, 1.165) is 11.1 Å². The monoisotopic (exact) mass is 472 g/mol. The Bertz CT molecular complexity index is 1690. The molecule has 2 aromatic heterocycles. The molecule has 6 rings (SSSR count). The SMILES string of the molecule is Cc1ccc(S(=O)(=O)c2c(N)n(Cc3ccc4c(c3)OCO4)c3nc4ccccc4nc23)cc1. The van der Waals surface area contributed by atoms with Crippen LogP contribution >= 0.6 is 0 Å². The Morgan fingerprint density at radius 2 is 1.65 bits per heavy atom. The molecule has 0 atom stereocenters. The highest BCUT2D eigenvalue weighted by atomic mass is 32.2. The van der Waals surface area contributed by atoms with E-state index in [9.17, 15) is 8.42 Å². The molecule has 0 saturated carbocycles. The minimum absolute atomic E-state index is 0.0367. The van der Waals surface area contributed by atoms with Gasteiger partial charge in [0.05, 0.1) is 22.5 Å². The Hall–Kier alpha value is -4.11. The molecule has 1 aliphatic heterocycles. The van der Waals surface area contributed by atoms with E-state index < -0.39 is 9.84 Å². The third kappa shape index (κ3) is 3.16. The van der Waals surface area contributed by atoms with Crippen LogP contribution in [-0.4, -0.2) is 29.7 Å². The number of aryl methyl sites for hydroxylation is 1. The molecule has 34 heavy (non-hydrogen) atoms. The van der Waals surface area contributed by atoms with Crippen LogP contribution in [0.25, 0.3) is 22.2 Å². The topological polar surface area (TPSA) is 109 Å². The summed E-state index contributed by atoms with van der Waals surface area (Å²) < 4.78 is 40.1. The van der Waals surface area contributed by atoms with Crippen LogP contribution in [0, 0.1) is 6.92 Å². The number of nitrogens with zero attached hydrogens (tertiary/aromatic N) is 3. The van der Waals surface area contributed by atoms with Crippen molar-refractivity contribution in [3.8, 4) is 11.5 Å². The number of nitrogens with two attached hydrogens (primary N) is 1. The van der Waals surface area contributed by atoms with E-state index in [1.54, 1.807) is 34.9 Å². The summed E-state index contributed by atoms with van der Waals surface area (Å²) in [6.07, 6.45) is 0. The Morgan fingerprint density at radius 1 is 0.941 bits per heavy atom. The molecule has 0 amide bonds. The standard InChI is InChI=1S/C25H20N4O4S/c1-15-6-9-17(10-7-15)34(30,31)23-22-25(28-19-5-3-2-4-18(19)27-22)29(24(23)26)13-16-8-11-20-21(12-16)33-14-32-20/h2-12H,13-14,26H2,1H3. The van der Waals surface area contributed by atoms with Crippen molar-refractivity contribution >= 4 is 37.9 Å². The number of aromatic nitrogens is 3. The van der Waals surface area contributed by atoms with Crippen molar-refractivity contribution in [1.82, 2.24) is 14.5 Å². The second kappa shape index (κ2) is 7.46. The van der Waals surface area contributed by atoms with Crippen LogP contribution in [0.15, 0.2) is 76.5 Å². The van der Waals surface area contributed by atoms with Crippen LogP contribution in [0.4, 0.5) is 5.82 Å². The number of nitrogen functional groups attached to an aromatic ring is 1. The summed E-state index contributed by atoms with van der Waals surface area (Å²) in [6.45, 7) is 2.36. The Balaban J connectivity index is 1.59. The molecule has 2 N–H and O–H groups in total. The zero-order chi connectivity index (χ0) is 23.4. The van der Waals surface area contributed by atoms with Crippen molar-refractivity contribution in [1.29, 1.82) is 0 Å². The van der Waals surface area contributed by atoms with E-state index in [4.69, 9.17) is 20.2 Å². The molecule has 0 unspecified atom stereocenters. The summed E-state index contributed by atoms with van der Waals surface area (Å²) >= 11 is 0. The molecule has 3 heterocycles. The van der Waals surface area contributed by atoms with Crippen molar-refractivity contribution in [2.45, 2.75) is 23.3 Å². The third-order valence-electron chi connectivity index (χ3n) is 5.92. The molecule has 5 aromatic rings. The van der Waals surface area contributed by atoms with Crippen molar-refractivity contribution in [2.24, 2.45) is 0 Å². The molecule has 0 aliphatic carbocycles. The fourth-order valence-electron chi connectivity index (χ4n) is 4.17. The smallest absolute Gasteiger partial charge is 0.231 e. The van der Waals surface area contributed by atoms with E-state index in [2.05, 4.69) is 4.98 Å². The predicted octanol–water partition coefficient (Wildman–Crippen LogP) is 4.08. The first-order chi connectivity index (χ1) is 16.4. The average Bonchev–Trinajstić information content (AvgIpc) is 3.40. The third-order valence-corrected chi connectivity index (χ3v) is 7.76. The number of benzene rings is 3. The van der Waals surface area contributed by atoms with Gasteiger partial charge in [0.25, 0.3) is 0 Å². The van der Waals surface area contributed by atoms with Crippen LogP contribution in [0.2, 0.25) is 0 Å². The summed E-state index contributed by atoms with van der Waals surface area (Å²) in [5, 5.41) is 0. The van der Waals surface area contributed by atoms with Gasteiger partial charge in [0.15, 0.2) is 17.1 Å². The molecule has 9 heteroatoms. The van der Waals surface area contributed by atoms with Gasteiger partial charge in [-0.3, -0.25) is 0 Å². The molecule has 0 fully saturated rings. The molecule has 8 nitrogen and oxygen atoms in total. The Kier molecular flexibility index (Phi) is 4.50. The zero-order valence-electron chi connectivity index (χ0n) is 18.2. The minimum atomic E-state index is -3.96. The number of fused-ring (bicyclic) bond motifs is 3. The van der Waals surface area contributed by atoms with E-state index in [1.165, 1.54) is 0 Å². The van der Waals surface area contributed by atoms with E-state index in [0.29, 0.717) is 28.2 Å². The number of hydrogen-bond donors (Lipinski definition) is 1. The Morgan fingerprint density at radius 3 is 2.41 bits per heavy atom. The van der Waals surface area contributed by atoms with E-state index >= 15 is 0 Å². The quantitative estimate of drug-likeness (QED) is 0.420. The lowest BCUT2D eigenvalue weighted by Crippen LogP contribution is -2.09. The number of sulfone groups is 1. The van der Waals surface area contributed by atoms with Gasteiger partial charge in [-0.15, -0.1) is 0 Å². The van der Waals surface area contributed by atoms with Crippen LogP contribution in [0.5, 0.6) is 11.5 Å². The highest BCUT2D eigenvalue weighted by Crippen LogP contribution is 2.37. The van der Waals surface area contributed by atoms with Gasteiger partial charge in [-0.05, 0) is 48.9 Å². The van der Waals surface area contributed by atoms with Crippen molar-refractivity contribution in [2.75, 3.05) is 12.5 Å². The van der Waals surface area contributed by atoms with Gasteiger partial charge in [-0.25, -0.2) is 18.4 Å². The lowest BCUT2D eigenvalue weighted by molar-refractivity contribution is 0.174.